The highest BCUT2D eigenvalue weighted by molar-refractivity contribution is 6.31. The monoisotopic (exact) mass is 280 g/mol. The van der Waals surface area contributed by atoms with Crippen LogP contribution in [-0.4, -0.2) is 4.57 Å². The molecule has 0 unspecified atom stereocenters. The fourth-order valence-electron chi connectivity index (χ4n) is 2.42. The van der Waals surface area contributed by atoms with Gasteiger partial charge in [0.1, 0.15) is 0 Å². The molecule has 3 rings (SSSR count). The third kappa shape index (κ3) is 2.17. The first-order valence-corrected chi connectivity index (χ1v) is 6.80. The van der Waals surface area contributed by atoms with E-state index in [-0.39, 0.29) is 0 Å². The number of hydrogen-bond donors (Lipinski definition) is 0. The maximum absolute atomic E-state index is 9.13. The average Bonchev–Trinajstić information content (AvgIpc) is 2.85. The molecule has 1 heterocycles. The molecule has 0 saturated carbocycles. The maximum atomic E-state index is 9.13. The first kappa shape index (κ1) is 12.8. The molecular weight excluding hydrogens is 268 g/mol. The molecule has 3 heteroatoms. The van der Waals surface area contributed by atoms with E-state index in [9.17, 15) is 0 Å². The Labute approximate surface area is 122 Å². The van der Waals surface area contributed by atoms with Crippen LogP contribution in [0.2, 0.25) is 5.02 Å². The highest BCUT2D eigenvalue weighted by atomic mass is 35.5. The van der Waals surface area contributed by atoms with Crippen LogP contribution in [0.25, 0.3) is 10.9 Å². The van der Waals surface area contributed by atoms with Crippen molar-refractivity contribution in [1.82, 2.24) is 4.57 Å². The Hall–Kier alpha value is -2.24. The number of rotatable bonds is 2. The summed E-state index contributed by atoms with van der Waals surface area (Å²) < 4.78 is 2.12. The molecular formula is C17H13ClN2. The zero-order chi connectivity index (χ0) is 14.1. The lowest BCUT2D eigenvalue weighted by atomic mass is 10.1. The summed E-state index contributed by atoms with van der Waals surface area (Å²) in [5.74, 6) is 0. The van der Waals surface area contributed by atoms with Crippen LogP contribution in [0.3, 0.4) is 0 Å². The van der Waals surface area contributed by atoms with Gasteiger partial charge in [0.05, 0.1) is 11.6 Å². The van der Waals surface area contributed by atoms with Gasteiger partial charge in [-0.3, -0.25) is 0 Å². The molecule has 98 valence electrons. The van der Waals surface area contributed by atoms with Crippen molar-refractivity contribution in [2.45, 2.75) is 13.5 Å². The Morgan fingerprint density at radius 1 is 1.20 bits per heavy atom. The van der Waals surface area contributed by atoms with Gasteiger partial charge < -0.3 is 4.57 Å². The molecule has 0 fully saturated rings. The molecule has 0 N–H and O–H groups in total. The van der Waals surface area contributed by atoms with Crippen LogP contribution < -0.4 is 0 Å². The lowest BCUT2D eigenvalue weighted by Crippen LogP contribution is -1.98. The molecule has 20 heavy (non-hydrogen) atoms. The number of aryl methyl sites for hydroxylation is 1. The van der Waals surface area contributed by atoms with Gasteiger partial charge in [-0.25, -0.2) is 0 Å². The molecule has 3 aromatic rings. The number of fused-ring (bicyclic) bond motifs is 1. The second-order valence-corrected chi connectivity index (χ2v) is 5.30. The van der Waals surface area contributed by atoms with Crippen LogP contribution in [0.1, 0.15) is 16.7 Å². The molecule has 2 aromatic carbocycles. The third-order valence-corrected chi connectivity index (χ3v) is 3.84. The van der Waals surface area contributed by atoms with Crippen LogP contribution in [0.5, 0.6) is 0 Å². The summed E-state index contributed by atoms with van der Waals surface area (Å²) in [5, 5.41) is 10.9. The SMILES string of the molecule is Cc1ccc(Cn2ccc3c(C#N)cccc32)c(Cl)c1. The molecule has 0 amide bonds. The van der Waals surface area contributed by atoms with E-state index in [0.29, 0.717) is 12.1 Å². The molecule has 0 aliphatic heterocycles. The molecule has 0 aliphatic rings. The summed E-state index contributed by atoms with van der Waals surface area (Å²) in [6.07, 6.45) is 2.00. The van der Waals surface area contributed by atoms with E-state index in [1.165, 1.54) is 0 Å². The largest absolute Gasteiger partial charge is 0.343 e. The van der Waals surface area contributed by atoms with Crippen molar-refractivity contribution in [3.05, 3.63) is 70.4 Å². The zero-order valence-electron chi connectivity index (χ0n) is 11.1. The van der Waals surface area contributed by atoms with E-state index in [1.54, 1.807) is 0 Å². The summed E-state index contributed by atoms with van der Waals surface area (Å²) in [7, 11) is 0. The highest BCUT2D eigenvalue weighted by Crippen LogP contribution is 2.23. The van der Waals surface area contributed by atoms with E-state index < -0.39 is 0 Å². The minimum absolute atomic E-state index is 0.705. The van der Waals surface area contributed by atoms with Gasteiger partial charge in [-0.1, -0.05) is 29.8 Å². The number of nitriles is 1. The molecule has 0 bridgehead atoms. The van der Waals surface area contributed by atoms with Crippen LogP contribution in [0.4, 0.5) is 0 Å². The molecule has 0 aliphatic carbocycles. The molecule has 0 radical (unpaired) electrons. The quantitative estimate of drug-likeness (QED) is 0.678. The lowest BCUT2D eigenvalue weighted by molar-refractivity contribution is 0.836. The van der Waals surface area contributed by atoms with E-state index >= 15 is 0 Å². The van der Waals surface area contributed by atoms with Gasteiger partial charge in [-0.2, -0.15) is 5.26 Å². The van der Waals surface area contributed by atoms with Crippen molar-refractivity contribution in [3.63, 3.8) is 0 Å². The van der Waals surface area contributed by atoms with Gasteiger partial charge >= 0.3 is 0 Å². The summed E-state index contributed by atoms with van der Waals surface area (Å²) in [5.41, 5.74) is 4.00. The van der Waals surface area contributed by atoms with Crippen LogP contribution in [0.15, 0.2) is 48.7 Å². The van der Waals surface area contributed by atoms with Crippen LogP contribution >= 0.6 is 11.6 Å². The predicted molar refractivity (Wildman–Crippen MR) is 81.9 cm³/mol. The summed E-state index contributed by atoms with van der Waals surface area (Å²) in [4.78, 5) is 0. The van der Waals surface area contributed by atoms with E-state index in [0.717, 1.165) is 27.1 Å². The van der Waals surface area contributed by atoms with Crippen molar-refractivity contribution in [3.8, 4) is 6.07 Å². The number of nitrogens with zero attached hydrogens (tertiary/aromatic N) is 2. The minimum Gasteiger partial charge on any atom is -0.343 e. The van der Waals surface area contributed by atoms with Gasteiger partial charge in [0.25, 0.3) is 0 Å². The molecule has 0 atom stereocenters. The topological polar surface area (TPSA) is 28.7 Å². The van der Waals surface area contributed by atoms with Gasteiger partial charge in [-0.15, -0.1) is 0 Å². The summed E-state index contributed by atoms with van der Waals surface area (Å²) in [6, 6.07) is 16.1. The first-order chi connectivity index (χ1) is 9.69. The molecule has 0 saturated heterocycles. The normalized spacial score (nSPS) is 10.7. The fourth-order valence-corrected chi connectivity index (χ4v) is 2.72. The Balaban J connectivity index is 2.06. The zero-order valence-corrected chi connectivity index (χ0v) is 11.9. The summed E-state index contributed by atoms with van der Waals surface area (Å²) in [6.45, 7) is 2.73. The smallest absolute Gasteiger partial charge is 0.0998 e. The standard InChI is InChI=1S/C17H13ClN2/c1-12-5-6-14(16(18)9-12)11-20-8-7-15-13(10-19)3-2-4-17(15)20/h2-9H,11H2,1H3. The summed E-state index contributed by atoms with van der Waals surface area (Å²) >= 11 is 6.29. The van der Waals surface area contributed by atoms with Gasteiger partial charge in [0.2, 0.25) is 0 Å². The number of aromatic nitrogens is 1. The van der Waals surface area contributed by atoms with Crippen molar-refractivity contribution < 1.29 is 0 Å². The molecule has 0 spiro atoms. The second kappa shape index (κ2) is 5.03. The number of benzene rings is 2. The van der Waals surface area contributed by atoms with Crippen molar-refractivity contribution >= 4 is 22.5 Å². The van der Waals surface area contributed by atoms with Gasteiger partial charge in [-0.05, 0) is 42.3 Å². The number of hydrogen-bond acceptors (Lipinski definition) is 1. The second-order valence-electron chi connectivity index (χ2n) is 4.89. The lowest BCUT2D eigenvalue weighted by Gasteiger charge is -2.08. The number of halogens is 1. The Kier molecular flexibility index (Phi) is 3.22. The highest BCUT2D eigenvalue weighted by Gasteiger charge is 2.07. The molecule has 1 aromatic heterocycles. The van der Waals surface area contributed by atoms with Crippen molar-refractivity contribution in [2.75, 3.05) is 0 Å². The molecule has 2 nitrogen and oxygen atoms in total. The predicted octanol–water partition coefficient (Wildman–Crippen LogP) is 4.52. The maximum Gasteiger partial charge on any atom is 0.0998 e. The van der Waals surface area contributed by atoms with Gasteiger partial charge in [0.15, 0.2) is 0 Å². The van der Waals surface area contributed by atoms with Crippen LogP contribution in [-0.2, 0) is 6.54 Å². The van der Waals surface area contributed by atoms with Crippen molar-refractivity contribution in [2.24, 2.45) is 0 Å². The Morgan fingerprint density at radius 3 is 2.80 bits per heavy atom. The van der Waals surface area contributed by atoms with Crippen LogP contribution in [0, 0.1) is 18.3 Å². The van der Waals surface area contributed by atoms with Gasteiger partial charge in [0, 0.05) is 28.7 Å². The minimum atomic E-state index is 0.705. The fraction of sp³-hybridized carbons (Fsp3) is 0.118. The van der Waals surface area contributed by atoms with Crippen molar-refractivity contribution in [1.29, 1.82) is 5.26 Å². The third-order valence-electron chi connectivity index (χ3n) is 3.48. The Bertz CT molecular complexity index is 825. The Morgan fingerprint density at radius 2 is 2.05 bits per heavy atom. The van der Waals surface area contributed by atoms with E-state index in [1.807, 2.05) is 43.5 Å². The average molecular weight is 281 g/mol. The van der Waals surface area contributed by atoms with E-state index in [2.05, 4.69) is 22.8 Å². The first-order valence-electron chi connectivity index (χ1n) is 6.42. The van der Waals surface area contributed by atoms with E-state index in [4.69, 9.17) is 16.9 Å².